The number of amides is 6. The van der Waals surface area contributed by atoms with Crippen LogP contribution >= 0.6 is 0 Å². The van der Waals surface area contributed by atoms with Gasteiger partial charge in [-0.2, -0.15) is 0 Å². The number of nitrogens with zero attached hydrogens (tertiary/aromatic N) is 4. The number of primary amides is 1. The van der Waals surface area contributed by atoms with Crippen LogP contribution in [0.5, 0.6) is 0 Å². The molecule has 0 saturated carbocycles. The van der Waals surface area contributed by atoms with Crippen LogP contribution in [-0.2, 0) is 40.0 Å². The number of hydrogen-bond acceptors (Lipinski definition) is 7. The quantitative estimate of drug-likeness (QED) is 0.182. The molecule has 0 unspecified atom stereocenters. The summed E-state index contributed by atoms with van der Waals surface area (Å²) in [6.07, 6.45) is 2.67. The Labute approximate surface area is 317 Å². The molecule has 0 fully saturated rings. The Hall–Kier alpha value is -4.29. The molecule has 0 radical (unpaired) electrons. The van der Waals surface area contributed by atoms with Crippen LogP contribution in [-0.4, -0.2) is 119 Å². The van der Waals surface area contributed by atoms with E-state index in [1.807, 2.05) is 51.1 Å². The minimum absolute atomic E-state index is 0.108. The number of nitrogens with one attached hydrogen (secondary N) is 1. The van der Waals surface area contributed by atoms with E-state index >= 15 is 0 Å². The Kier molecular flexibility index (Phi) is 18.9. The molecule has 53 heavy (non-hydrogen) atoms. The maximum absolute atomic E-state index is 14.1. The summed E-state index contributed by atoms with van der Waals surface area (Å²) in [6.45, 7) is 15.8. The van der Waals surface area contributed by atoms with Crippen molar-refractivity contribution < 1.29 is 33.6 Å². The second-order valence-corrected chi connectivity index (χ2v) is 15.5. The molecule has 0 aliphatic heterocycles. The van der Waals surface area contributed by atoms with E-state index in [1.165, 1.54) is 40.7 Å². The number of unbranched alkanes of at least 4 members (excludes halogenated alkanes) is 1. The summed E-state index contributed by atoms with van der Waals surface area (Å²) < 4.78 is 0. The van der Waals surface area contributed by atoms with Crippen LogP contribution in [0.3, 0.4) is 0 Å². The van der Waals surface area contributed by atoms with Gasteiger partial charge >= 0.3 is 0 Å². The van der Waals surface area contributed by atoms with E-state index in [-0.39, 0.29) is 41.8 Å². The zero-order valence-electron chi connectivity index (χ0n) is 34.3. The summed E-state index contributed by atoms with van der Waals surface area (Å²) in [6, 6.07) is 4.37. The van der Waals surface area contributed by atoms with E-state index in [0.29, 0.717) is 25.7 Å². The van der Waals surface area contributed by atoms with Gasteiger partial charge in [-0.3, -0.25) is 28.8 Å². The molecular formula is C40H66N6O7. The second-order valence-electron chi connectivity index (χ2n) is 15.5. The summed E-state index contributed by atoms with van der Waals surface area (Å²) in [5, 5.41) is 2.86. The largest absolute Gasteiger partial charge is 0.368 e. The Morgan fingerprint density at radius 3 is 1.64 bits per heavy atom. The van der Waals surface area contributed by atoms with E-state index in [0.717, 1.165) is 5.56 Å². The molecule has 0 spiro atoms. The van der Waals surface area contributed by atoms with Gasteiger partial charge in [0.25, 0.3) is 0 Å². The summed E-state index contributed by atoms with van der Waals surface area (Å²) in [5.41, 5.74) is 6.52. The average Bonchev–Trinajstić information content (AvgIpc) is 3.08. The highest BCUT2D eigenvalue weighted by atomic mass is 16.2. The molecule has 0 aliphatic carbocycles. The van der Waals surface area contributed by atoms with Gasteiger partial charge < -0.3 is 35.4 Å². The van der Waals surface area contributed by atoms with Gasteiger partial charge in [-0.15, -0.1) is 0 Å². The second kappa shape index (κ2) is 21.4. The lowest BCUT2D eigenvalue weighted by atomic mass is 9.94. The normalized spacial score (nSPS) is 14.8. The molecule has 13 heteroatoms. The summed E-state index contributed by atoms with van der Waals surface area (Å²) in [4.78, 5) is 98.2. The number of carbonyl (C=O) groups excluding carboxylic acids is 7. The van der Waals surface area contributed by atoms with Crippen molar-refractivity contribution in [2.24, 2.45) is 29.4 Å². The first kappa shape index (κ1) is 46.7. The highest BCUT2D eigenvalue weighted by Gasteiger charge is 2.41. The Balaban J connectivity index is 3.19. The van der Waals surface area contributed by atoms with Gasteiger partial charge in [-0.05, 0) is 50.0 Å². The van der Waals surface area contributed by atoms with Gasteiger partial charge in [-0.25, -0.2) is 0 Å². The number of hydrogen-bond donors (Lipinski definition) is 2. The van der Waals surface area contributed by atoms with Gasteiger partial charge in [0.15, 0.2) is 0 Å². The molecule has 1 aromatic carbocycles. The monoisotopic (exact) mass is 742 g/mol. The third-order valence-electron chi connectivity index (χ3n) is 10.1. The van der Waals surface area contributed by atoms with E-state index in [4.69, 9.17) is 5.73 Å². The molecule has 6 atom stereocenters. The lowest BCUT2D eigenvalue weighted by Gasteiger charge is -2.39. The van der Waals surface area contributed by atoms with Crippen molar-refractivity contribution in [2.75, 3.05) is 28.2 Å². The molecule has 298 valence electrons. The van der Waals surface area contributed by atoms with Crippen molar-refractivity contribution in [3.8, 4) is 0 Å². The predicted octanol–water partition coefficient (Wildman–Crippen LogP) is 3.28. The fourth-order valence-electron chi connectivity index (χ4n) is 6.64. The molecule has 0 heterocycles. The third-order valence-corrected chi connectivity index (χ3v) is 10.1. The number of benzene rings is 1. The molecular weight excluding hydrogens is 676 g/mol. The summed E-state index contributed by atoms with van der Waals surface area (Å²) >= 11 is 0. The fourth-order valence-corrected chi connectivity index (χ4v) is 6.64. The van der Waals surface area contributed by atoms with Gasteiger partial charge in [0.05, 0.1) is 0 Å². The van der Waals surface area contributed by atoms with Crippen LogP contribution in [0.15, 0.2) is 30.3 Å². The fraction of sp³-hybridized carbons (Fsp3) is 0.675. The molecule has 1 rings (SSSR count). The minimum Gasteiger partial charge on any atom is -0.368 e. The Morgan fingerprint density at radius 2 is 1.17 bits per heavy atom. The van der Waals surface area contributed by atoms with Crippen molar-refractivity contribution in [2.45, 2.75) is 125 Å². The minimum atomic E-state index is -1.04. The SMILES string of the molecule is CC(=O)CCCC[C@@H](C)C(=O)N(C)[C@H](C(=O)N(C)[C@H](C(=O)N[C@H](C(=O)N(C)[C@@H](C)C(=O)N(C)[C@@H](Cc1ccccc1)C(N)=O)C(C)C)C(C)C)C(C)C. The first-order valence-electron chi connectivity index (χ1n) is 18.8. The third kappa shape index (κ3) is 13.3. The number of Topliss-reactive ketones (excluding diaryl/α,β-unsaturated/α-hetero) is 1. The van der Waals surface area contributed by atoms with Gasteiger partial charge in [0, 0.05) is 47.0 Å². The first-order chi connectivity index (χ1) is 24.6. The standard InChI is InChI=1S/C40H66N6O7/c1-24(2)32(39(52)43(10)29(9)38(51)44(11)31(35(41)48)23-30-21-15-14-16-22-30)42-36(49)33(25(3)4)45(12)40(53)34(26(5)6)46(13)37(50)27(7)19-17-18-20-28(8)47/h14-16,21-22,24-27,29,31-34H,17-20,23H2,1-13H3,(H2,41,48)(H,42,49)/t27-,29+,31+,32+,33+,34+/m1/s1. The topological polar surface area (TPSA) is 170 Å². The number of nitrogens with two attached hydrogens (primary N) is 1. The Bertz CT molecular complexity index is 1420. The zero-order valence-corrected chi connectivity index (χ0v) is 34.3. The van der Waals surface area contributed by atoms with Crippen molar-refractivity contribution in [1.82, 2.24) is 24.9 Å². The van der Waals surface area contributed by atoms with Crippen LogP contribution in [0, 0.1) is 23.7 Å². The van der Waals surface area contributed by atoms with E-state index in [2.05, 4.69) is 5.32 Å². The summed E-state index contributed by atoms with van der Waals surface area (Å²) in [5.74, 6) is -4.08. The van der Waals surface area contributed by atoms with E-state index < -0.39 is 59.7 Å². The number of likely N-dealkylation sites (N-methyl/N-ethyl adjacent to an activating group) is 4. The molecule has 0 bridgehead atoms. The Morgan fingerprint density at radius 1 is 0.642 bits per heavy atom. The van der Waals surface area contributed by atoms with E-state index in [1.54, 1.807) is 48.6 Å². The highest BCUT2D eigenvalue weighted by Crippen LogP contribution is 2.22. The highest BCUT2D eigenvalue weighted by molar-refractivity contribution is 5.96. The number of carbonyl (C=O) groups is 7. The van der Waals surface area contributed by atoms with Crippen molar-refractivity contribution in [3.05, 3.63) is 35.9 Å². The van der Waals surface area contributed by atoms with E-state index in [9.17, 15) is 33.6 Å². The molecule has 6 amide bonds. The van der Waals surface area contributed by atoms with Gasteiger partial charge in [0.1, 0.15) is 36.0 Å². The van der Waals surface area contributed by atoms with Crippen LogP contribution in [0.4, 0.5) is 0 Å². The summed E-state index contributed by atoms with van der Waals surface area (Å²) in [7, 11) is 6.08. The average molecular weight is 743 g/mol. The molecule has 13 nitrogen and oxygen atoms in total. The zero-order chi connectivity index (χ0) is 40.9. The molecule has 3 N–H and O–H groups in total. The molecule has 0 saturated heterocycles. The lowest BCUT2D eigenvalue weighted by Crippen LogP contribution is -2.61. The first-order valence-corrected chi connectivity index (χ1v) is 18.8. The maximum Gasteiger partial charge on any atom is 0.246 e. The smallest absolute Gasteiger partial charge is 0.246 e. The van der Waals surface area contributed by atoms with Crippen LogP contribution in [0.25, 0.3) is 0 Å². The van der Waals surface area contributed by atoms with Gasteiger partial charge in [-0.1, -0.05) is 85.2 Å². The predicted molar refractivity (Wildman–Crippen MR) is 206 cm³/mol. The maximum atomic E-state index is 14.1. The molecule has 0 aliphatic rings. The van der Waals surface area contributed by atoms with Crippen LogP contribution in [0.2, 0.25) is 0 Å². The van der Waals surface area contributed by atoms with Crippen molar-refractivity contribution in [1.29, 1.82) is 0 Å². The van der Waals surface area contributed by atoms with Gasteiger partial charge in [0.2, 0.25) is 35.4 Å². The van der Waals surface area contributed by atoms with Crippen LogP contribution < -0.4 is 11.1 Å². The molecule has 1 aromatic rings. The van der Waals surface area contributed by atoms with Crippen molar-refractivity contribution >= 4 is 41.2 Å². The molecule has 0 aromatic heterocycles. The van der Waals surface area contributed by atoms with Crippen LogP contribution in [0.1, 0.15) is 93.6 Å². The number of ketones is 1. The number of rotatable bonds is 21. The lowest BCUT2D eigenvalue weighted by molar-refractivity contribution is -0.152. The van der Waals surface area contributed by atoms with Crippen molar-refractivity contribution in [3.63, 3.8) is 0 Å².